The van der Waals surface area contributed by atoms with E-state index in [1.165, 1.54) is 12.1 Å². The number of ether oxygens (including phenoxy) is 1. The van der Waals surface area contributed by atoms with Crippen molar-refractivity contribution >= 4 is 5.91 Å². The van der Waals surface area contributed by atoms with Gasteiger partial charge >= 0.3 is 0 Å². The minimum atomic E-state index is -1.06. The van der Waals surface area contributed by atoms with Crippen molar-refractivity contribution in [2.45, 2.75) is 37.9 Å². The highest BCUT2D eigenvalue weighted by atomic mass is 19.1. The Balaban J connectivity index is 1.25. The number of hydrogen-bond donors (Lipinski definition) is 0. The average molecular weight is 383 g/mol. The van der Waals surface area contributed by atoms with E-state index in [1.807, 2.05) is 30.3 Å². The molecule has 4 fully saturated rings. The number of halogens is 2. The van der Waals surface area contributed by atoms with Gasteiger partial charge in [-0.1, -0.05) is 30.3 Å². The van der Waals surface area contributed by atoms with Crippen molar-refractivity contribution in [3.63, 3.8) is 0 Å². The van der Waals surface area contributed by atoms with Gasteiger partial charge in [0, 0.05) is 11.8 Å². The van der Waals surface area contributed by atoms with Gasteiger partial charge in [-0.3, -0.25) is 4.79 Å². The first kappa shape index (κ1) is 17.7. The van der Waals surface area contributed by atoms with Gasteiger partial charge in [0.25, 0.3) is 0 Å². The molecule has 1 heterocycles. The predicted molar refractivity (Wildman–Crippen MR) is 101 cm³/mol. The van der Waals surface area contributed by atoms with E-state index in [4.69, 9.17) is 4.74 Å². The van der Waals surface area contributed by atoms with Crippen molar-refractivity contribution in [3.8, 4) is 5.75 Å². The second-order valence-corrected chi connectivity index (χ2v) is 8.77. The minimum absolute atomic E-state index is 0.0310. The lowest BCUT2D eigenvalue weighted by Crippen LogP contribution is -2.69. The number of rotatable bonds is 5. The van der Waals surface area contributed by atoms with E-state index in [0.717, 1.165) is 25.0 Å². The van der Waals surface area contributed by atoms with E-state index in [1.54, 1.807) is 17.0 Å². The summed E-state index contributed by atoms with van der Waals surface area (Å²) >= 11 is 0. The van der Waals surface area contributed by atoms with Crippen LogP contribution in [0.25, 0.3) is 0 Å². The number of para-hydroxylation sites is 1. The van der Waals surface area contributed by atoms with Gasteiger partial charge in [0.1, 0.15) is 17.7 Å². The number of carbonyl (C=O) groups is 1. The monoisotopic (exact) mass is 383 g/mol. The maximum absolute atomic E-state index is 14.2. The second kappa shape index (κ2) is 6.29. The second-order valence-electron chi connectivity index (χ2n) is 8.77. The van der Waals surface area contributed by atoms with Crippen molar-refractivity contribution in [2.75, 3.05) is 13.2 Å². The van der Waals surface area contributed by atoms with Crippen LogP contribution in [0.2, 0.25) is 0 Å². The summed E-state index contributed by atoms with van der Waals surface area (Å²) in [4.78, 5) is 14.9. The number of hydrogen-bond acceptors (Lipinski definition) is 2. The number of carbonyl (C=O) groups excluding carboxylic acids is 1. The average Bonchev–Trinajstić information content (AvgIpc) is 3.02. The van der Waals surface area contributed by atoms with Gasteiger partial charge < -0.3 is 9.64 Å². The zero-order valence-electron chi connectivity index (χ0n) is 15.6. The fourth-order valence-corrected chi connectivity index (χ4v) is 5.47. The standard InChI is InChI=1S/C23H23F2NO2/c24-17-6-4-5-16(9-17)20-10-18(25)11-26(20)21(27)23-12-22(13-23,14-23)15-28-19-7-2-1-3-8-19/h1-9,18,20H,10-15H2. The zero-order chi connectivity index (χ0) is 19.4. The third kappa shape index (κ3) is 2.79. The Morgan fingerprint density at radius 3 is 2.57 bits per heavy atom. The lowest BCUT2D eigenvalue weighted by Gasteiger charge is -2.69. The van der Waals surface area contributed by atoms with Crippen LogP contribution in [-0.4, -0.2) is 30.1 Å². The molecule has 5 heteroatoms. The molecule has 2 unspecified atom stereocenters. The van der Waals surface area contributed by atoms with Crippen molar-refractivity contribution in [3.05, 3.63) is 66.0 Å². The molecule has 4 aliphatic rings. The topological polar surface area (TPSA) is 29.5 Å². The molecule has 0 aromatic heterocycles. The Labute approximate surface area is 163 Å². The Kier molecular flexibility index (Phi) is 3.97. The summed E-state index contributed by atoms with van der Waals surface area (Å²) in [5, 5.41) is 0. The quantitative estimate of drug-likeness (QED) is 0.750. The minimum Gasteiger partial charge on any atom is -0.493 e. The van der Waals surface area contributed by atoms with Crippen LogP contribution in [-0.2, 0) is 4.79 Å². The largest absolute Gasteiger partial charge is 0.493 e. The molecule has 2 atom stereocenters. The smallest absolute Gasteiger partial charge is 0.229 e. The molecule has 3 aliphatic carbocycles. The predicted octanol–water partition coefficient (Wildman–Crippen LogP) is 4.69. The lowest BCUT2D eigenvalue weighted by molar-refractivity contribution is -0.226. The molecule has 6 rings (SSSR count). The summed E-state index contributed by atoms with van der Waals surface area (Å²) in [6.07, 6.45) is 1.59. The van der Waals surface area contributed by atoms with Crippen LogP contribution >= 0.6 is 0 Å². The fraction of sp³-hybridized carbons (Fsp3) is 0.435. The van der Waals surface area contributed by atoms with Crippen molar-refractivity contribution in [1.29, 1.82) is 0 Å². The highest BCUT2D eigenvalue weighted by Gasteiger charge is 2.72. The lowest BCUT2D eigenvalue weighted by atomic mass is 9.35. The Morgan fingerprint density at radius 2 is 1.86 bits per heavy atom. The van der Waals surface area contributed by atoms with Crippen molar-refractivity contribution < 1.29 is 18.3 Å². The third-order valence-electron chi connectivity index (χ3n) is 6.63. The van der Waals surface area contributed by atoms with Crippen LogP contribution in [0.3, 0.4) is 0 Å². The SMILES string of the molecule is O=C(N1CC(F)CC1c1cccc(F)c1)C12CC(COc3ccccc3)(C1)C2. The molecule has 1 amide bonds. The molecule has 1 saturated heterocycles. The number of likely N-dealkylation sites (tertiary alicyclic amines) is 1. The summed E-state index contributed by atoms with van der Waals surface area (Å²) in [5.41, 5.74) is 0.395. The third-order valence-corrected chi connectivity index (χ3v) is 6.63. The zero-order valence-corrected chi connectivity index (χ0v) is 15.6. The molecule has 3 saturated carbocycles. The fourth-order valence-electron chi connectivity index (χ4n) is 5.47. The Hall–Kier alpha value is -2.43. The van der Waals surface area contributed by atoms with Crippen molar-refractivity contribution in [1.82, 2.24) is 4.90 Å². The molecule has 28 heavy (non-hydrogen) atoms. The van der Waals surface area contributed by atoms with Crippen LogP contribution in [0.5, 0.6) is 5.75 Å². The molecule has 2 aromatic carbocycles. The summed E-state index contributed by atoms with van der Waals surface area (Å²) < 4.78 is 33.7. The van der Waals surface area contributed by atoms with Crippen LogP contribution in [0.1, 0.15) is 37.3 Å². The van der Waals surface area contributed by atoms with E-state index in [-0.39, 0.29) is 41.6 Å². The molecule has 2 aromatic rings. The molecule has 0 radical (unpaired) electrons. The van der Waals surface area contributed by atoms with E-state index in [0.29, 0.717) is 12.2 Å². The molecule has 146 valence electrons. The van der Waals surface area contributed by atoms with Gasteiger partial charge in [0.15, 0.2) is 0 Å². The van der Waals surface area contributed by atoms with Gasteiger partial charge in [-0.2, -0.15) is 0 Å². The van der Waals surface area contributed by atoms with Gasteiger partial charge in [-0.25, -0.2) is 8.78 Å². The summed E-state index contributed by atoms with van der Waals surface area (Å²) in [6, 6.07) is 15.5. The molecule has 1 aliphatic heterocycles. The van der Waals surface area contributed by atoms with E-state index < -0.39 is 6.17 Å². The molecular weight excluding hydrogens is 360 g/mol. The first-order valence-corrected chi connectivity index (χ1v) is 9.87. The van der Waals surface area contributed by atoms with Crippen LogP contribution in [0.4, 0.5) is 8.78 Å². The highest BCUT2D eigenvalue weighted by Crippen LogP contribution is 2.74. The number of benzene rings is 2. The summed E-state index contributed by atoms with van der Waals surface area (Å²) in [5.74, 6) is 0.525. The van der Waals surface area contributed by atoms with E-state index in [2.05, 4.69) is 0 Å². The van der Waals surface area contributed by atoms with E-state index >= 15 is 0 Å². The molecule has 0 N–H and O–H groups in total. The molecule has 2 bridgehead atoms. The van der Waals surface area contributed by atoms with E-state index in [9.17, 15) is 13.6 Å². The first-order valence-electron chi connectivity index (χ1n) is 9.87. The Bertz CT molecular complexity index is 881. The number of amides is 1. The normalized spacial score (nSPS) is 33.1. The first-order chi connectivity index (χ1) is 13.5. The van der Waals surface area contributed by atoms with Crippen LogP contribution in [0, 0.1) is 16.6 Å². The molecule has 0 spiro atoms. The summed E-state index contributed by atoms with van der Waals surface area (Å²) in [7, 11) is 0. The number of nitrogens with zero attached hydrogens (tertiary/aromatic N) is 1. The highest BCUT2D eigenvalue weighted by molar-refractivity contribution is 5.87. The van der Waals surface area contributed by atoms with Crippen LogP contribution < -0.4 is 4.74 Å². The van der Waals surface area contributed by atoms with Gasteiger partial charge in [-0.15, -0.1) is 0 Å². The Morgan fingerprint density at radius 1 is 1.11 bits per heavy atom. The van der Waals surface area contributed by atoms with Crippen LogP contribution in [0.15, 0.2) is 54.6 Å². The van der Waals surface area contributed by atoms with Gasteiger partial charge in [0.2, 0.25) is 5.91 Å². The van der Waals surface area contributed by atoms with Gasteiger partial charge in [0.05, 0.1) is 24.6 Å². The maximum atomic E-state index is 14.2. The van der Waals surface area contributed by atoms with Crippen molar-refractivity contribution in [2.24, 2.45) is 10.8 Å². The molecule has 3 nitrogen and oxygen atoms in total. The van der Waals surface area contributed by atoms with Gasteiger partial charge in [-0.05, 0) is 49.1 Å². The maximum Gasteiger partial charge on any atom is 0.229 e. The molecular formula is C23H23F2NO2. The number of alkyl halides is 1. The summed E-state index contributed by atoms with van der Waals surface area (Å²) in [6.45, 7) is 0.723.